The van der Waals surface area contributed by atoms with Crippen molar-refractivity contribution in [2.75, 3.05) is 18.5 Å². The van der Waals surface area contributed by atoms with Gasteiger partial charge in [-0.15, -0.1) is 0 Å². The summed E-state index contributed by atoms with van der Waals surface area (Å²) >= 11 is 13.7. The summed E-state index contributed by atoms with van der Waals surface area (Å²) in [4.78, 5) is 43.4. The zero-order chi connectivity index (χ0) is 34.4. The van der Waals surface area contributed by atoms with Crippen LogP contribution in [0.5, 0.6) is 5.75 Å². The number of hydrogen-bond acceptors (Lipinski definition) is 5. The second kappa shape index (κ2) is 13.2. The molecular formula is C40H42Cl2N2O4. The number of carbonyl (C=O) groups is 3. The first-order valence-corrected chi connectivity index (χ1v) is 17.3. The average Bonchev–Trinajstić information content (AvgIpc) is 2.99. The van der Waals surface area contributed by atoms with E-state index in [-0.39, 0.29) is 50.7 Å². The number of halogens is 2. The van der Waals surface area contributed by atoms with Crippen LogP contribution in [0.2, 0.25) is 10.0 Å². The number of rotatable bonds is 8. The van der Waals surface area contributed by atoms with Crippen LogP contribution in [-0.4, -0.2) is 35.5 Å². The summed E-state index contributed by atoms with van der Waals surface area (Å²) in [6, 6.07) is 21.3. The van der Waals surface area contributed by atoms with Gasteiger partial charge in [0, 0.05) is 53.5 Å². The van der Waals surface area contributed by atoms with Crippen molar-refractivity contribution in [3.05, 3.63) is 116 Å². The van der Waals surface area contributed by atoms with Crippen LogP contribution in [0, 0.1) is 17.8 Å². The molecule has 0 aromatic heterocycles. The number of carbonyl (C=O) groups excluding carboxylic acids is 3. The summed E-state index contributed by atoms with van der Waals surface area (Å²) in [5.41, 5.74) is 6.33. The van der Waals surface area contributed by atoms with Crippen LogP contribution in [-0.2, 0) is 20.8 Å². The normalized spacial score (nSPS) is 18.9. The number of hydrogen-bond donors (Lipinski definition) is 1. The quantitative estimate of drug-likeness (QED) is 0.256. The highest BCUT2D eigenvalue weighted by atomic mass is 35.5. The van der Waals surface area contributed by atoms with Crippen molar-refractivity contribution < 1.29 is 19.1 Å². The Labute approximate surface area is 293 Å². The molecule has 0 bridgehead atoms. The van der Waals surface area contributed by atoms with Crippen molar-refractivity contribution in [1.82, 2.24) is 4.90 Å². The molecule has 8 heteroatoms. The molecule has 6 rings (SSSR count). The molecule has 0 radical (unpaired) electrons. The zero-order valence-corrected chi connectivity index (χ0v) is 29.7. The molecule has 0 saturated carbocycles. The highest BCUT2D eigenvalue weighted by Crippen LogP contribution is 2.55. The molecule has 0 spiro atoms. The van der Waals surface area contributed by atoms with Gasteiger partial charge in [0.25, 0.3) is 5.91 Å². The van der Waals surface area contributed by atoms with E-state index in [1.807, 2.05) is 49.4 Å². The molecule has 3 aliphatic rings. The number of aryl methyl sites for hydroxylation is 1. The highest BCUT2D eigenvalue weighted by Gasteiger charge is 2.49. The smallest absolute Gasteiger partial charge is 0.262 e. The minimum Gasteiger partial charge on any atom is -0.481 e. The topological polar surface area (TPSA) is 75.7 Å². The molecule has 0 fully saturated rings. The SMILES string of the molecule is Cc1ccccc1NC(=O)COc1c(Cl)cc(C2C3=C(CC(C)(C)CC3=O)N(CCc3ccccc3)C3=C2C(=O)CC(C)(C)C3)cc1Cl. The van der Waals surface area contributed by atoms with Gasteiger partial charge in [0.1, 0.15) is 0 Å². The number of ether oxygens (including phenoxy) is 1. The Balaban J connectivity index is 1.39. The highest BCUT2D eigenvalue weighted by molar-refractivity contribution is 6.37. The van der Waals surface area contributed by atoms with Gasteiger partial charge in [0.15, 0.2) is 23.9 Å². The Kier molecular flexibility index (Phi) is 9.36. The van der Waals surface area contributed by atoms with Crippen LogP contribution in [0.3, 0.4) is 0 Å². The number of nitrogens with one attached hydrogen (secondary N) is 1. The molecule has 3 aromatic carbocycles. The van der Waals surface area contributed by atoms with E-state index in [0.717, 1.165) is 23.4 Å². The number of ketones is 2. The predicted molar refractivity (Wildman–Crippen MR) is 191 cm³/mol. The fourth-order valence-electron chi connectivity index (χ4n) is 7.46. The molecule has 1 amide bonds. The third-order valence-corrected chi connectivity index (χ3v) is 10.2. The van der Waals surface area contributed by atoms with Crippen molar-refractivity contribution in [1.29, 1.82) is 0 Å². The van der Waals surface area contributed by atoms with Crippen molar-refractivity contribution in [3.63, 3.8) is 0 Å². The largest absolute Gasteiger partial charge is 0.481 e. The van der Waals surface area contributed by atoms with E-state index in [1.165, 1.54) is 5.56 Å². The monoisotopic (exact) mass is 684 g/mol. The maximum absolute atomic E-state index is 14.2. The molecule has 6 nitrogen and oxygen atoms in total. The lowest BCUT2D eigenvalue weighted by molar-refractivity contribution is -0.120. The first kappa shape index (κ1) is 34.0. The van der Waals surface area contributed by atoms with Crippen LogP contribution in [0.4, 0.5) is 5.69 Å². The Morgan fingerprint density at radius 1 is 0.833 bits per heavy atom. The average molecular weight is 686 g/mol. The van der Waals surface area contributed by atoms with Crippen LogP contribution in [0.25, 0.3) is 0 Å². The summed E-state index contributed by atoms with van der Waals surface area (Å²) in [6.07, 6.45) is 2.97. The molecule has 48 heavy (non-hydrogen) atoms. The molecule has 1 N–H and O–H groups in total. The first-order valence-electron chi connectivity index (χ1n) is 16.5. The van der Waals surface area contributed by atoms with Crippen LogP contribution in [0.1, 0.15) is 76.0 Å². The lowest BCUT2D eigenvalue weighted by Gasteiger charge is -2.49. The van der Waals surface area contributed by atoms with E-state index in [9.17, 15) is 14.4 Å². The second-order valence-corrected chi connectivity index (χ2v) is 15.7. The fraction of sp³-hybridized carbons (Fsp3) is 0.375. The number of allylic oxidation sites excluding steroid dienone is 4. The molecule has 0 atom stereocenters. The van der Waals surface area contributed by atoms with E-state index in [1.54, 1.807) is 12.1 Å². The molecule has 0 unspecified atom stereocenters. The van der Waals surface area contributed by atoms with Crippen LogP contribution < -0.4 is 10.1 Å². The minimum atomic E-state index is -0.594. The lowest BCUT2D eigenvalue weighted by Crippen LogP contribution is -2.45. The summed E-state index contributed by atoms with van der Waals surface area (Å²) in [5.74, 6) is -0.679. The van der Waals surface area contributed by atoms with Crippen LogP contribution >= 0.6 is 23.2 Å². The van der Waals surface area contributed by atoms with E-state index in [0.29, 0.717) is 54.6 Å². The lowest BCUT2D eigenvalue weighted by atomic mass is 9.63. The third kappa shape index (κ3) is 6.97. The van der Waals surface area contributed by atoms with E-state index in [2.05, 4.69) is 50.0 Å². The van der Waals surface area contributed by atoms with Gasteiger partial charge in [-0.25, -0.2) is 0 Å². The molecule has 3 aromatic rings. The second-order valence-electron chi connectivity index (χ2n) is 14.9. The van der Waals surface area contributed by atoms with Gasteiger partial charge >= 0.3 is 0 Å². The van der Waals surface area contributed by atoms with Gasteiger partial charge in [-0.1, -0.05) is 99.4 Å². The Bertz CT molecular complexity index is 1780. The van der Waals surface area contributed by atoms with E-state index < -0.39 is 5.92 Å². The third-order valence-electron chi connectivity index (χ3n) is 9.61. The van der Waals surface area contributed by atoms with Gasteiger partial charge in [0.2, 0.25) is 0 Å². The fourth-order valence-corrected chi connectivity index (χ4v) is 8.07. The molecule has 2 aliphatic carbocycles. The zero-order valence-electron chi connectivity index (χ0n) is 28.2. The maximum atomic E-state index is 14.2. The number of anilines is 1. The summed E-state index contributed by atoms with van der Waals surface area (Å²) in [5, 5.41) is 3.27. The minimum absolute atomic E-state index is 0.0422. The first-order chi connectivity index (χ1) is 22.7. The Morgan fingerprint density at radius 3 is 1.94 bits per heavy atom. The number of benzene rings is 3. The number of para-hydroxylation sites is 1. The molecule has 1 heterocycles. The summed E-state index contributed by atoms with van der Waals surface area (Å²) in [7, 11) is 0. The van der Waals surface area contributed by atoms with Crippen LogP contribution in [0.15, 0.2) is 89.3 Å². The number of amides is 1. The van der Waals surface area contributed by atoms with Gasteiger partial charge in [-0.3, -0.25) is 14.4 Å². The van der Waals surface area contributed by atoms with E-state index in [4.69, 9.17) is 27.9 Å². The predicted octanol–water partition coefficient (Wildman–Crippen LogP) is 9.25. The molecule has 0 saturated heterocycles. The molecular weight excluding hydrogens is 643 g/mol. The van der Waals surface area contributed by atoms with Crippen molar-refractivity contribution >= 4 is 46.4 Å². The Morgan fingerprint density at radius 2 is 1.38 bits per heavy atom. The van der Waals surface area contributed by atoms with Gasteiger partial charge in [0.05, 0.1) is 10.0 Å². The Hall–Kier alpha value is -3.87. The van der Waals surface area contributed by atoms with Crippen molar-refractivity contribution in [2.24, 2.45) is 10.8 Å². The molecule has 1 aliphatic heterocycles. The molecule has 250 valence electrons. The van der Waals surface area contributed by atoms with Crippen molar-refractivity contribution in [2.45, 2.75) is 72.6 Å². The number of nitrogens with zero attached hydrogens (tertiary/aromatic N) is 1. The van der Waals surface area contributed by atoms with Gasteiger partial charge in [-0.05, 0) is 71.9 Å². The van der Waals surface area contributed by atoms with Gasteiger partial charge < -0.3 is 15.0 Å². The number of Topliss-reactive ketones (excluding diaryl/α,β-unsaturated/α-hetero) is 2. The van der Waals surface area contributed by atoms with E-state index >= 15 is 0 Å². The standard InChI is InChI=1S/C40H42Cl2N2O4/c1-24-11-9-10-14-29(24)43-34(47)23-48-38-27(41)17-26(18-28(38)42)35-36-30(19-39(2,3)21-32(36)45)44(16-15-25-12-7-6-8-13-25)31-20-40(4,5)22-33(46)37(31)35/h6-14,17-18,35H,15-16,19-23H2,1-5H3,(H,43,47). The van der Waals surface area contributed by atoms with Gasteiger partial charge in [-0.2, -0.15) is 0 Å². The summed E-state index contributed by atoms with van der Waals surface area (Å²) < 4.78 is 5.84. The maximum Gasteiger partial charge on any atom is 0.262 e. The van der Waals surface area contributed by atoms with Crippen molar-refractivity contribution in [3.8, 4) is 5.75 Å². The summed E-state index contributed by atoms with van der Waals surface area (Å²) in [6.45, 7) is 10.8.